The minimum absolute atomic E-state index is 0.0420. The monoisotopic (exact) mass is 578 g/mol. The zero-order valence-corrected chi connectivity index (χ0v) is 23.0. The number of rotatable bonds is 13. The van der Waals surface area contributed by atoms with Gasteiger partial charge < -0.3 is 31.5 Å². The quantitative estimate of drug-likeness (QED) is 0.135. The molecule has 214 valence electrons. The van der Waals surface area contributed by atoms with Gasteiger partial charge in [0.25, 0.3) is 0 Å². The molecule has 6 N–H and O–H groups in total. The number of carbonyl (C=O) groups is 2. The lowest BCUT2D eigenvalue weighted by molar-refractivity contribution is -0.138. The molecule has 1 fully saturated rings. The molecule has 1 aliphatic carbocycles. The van der Waals surface area contributed by atoms with E-state index in [-0.39, 0.29) is 17.8 Å². The fraction of sp³-hybridized carbons (Fsp3) is 0.310. The number of unbranched alkanes of at least 4 members (excludes halogenated alkanes) is 1. The maximum atomic E-state index is 14.8. The van der Waals surface area contributed by atoms with Crippen molar-refractivity contribution >= 4 is 39.2 Å². The van der Waals surface area contributed by atoms with Gasteiger partial charge in [0.15, 0.2) is 11.6 Å². The first kappa shape index (κ1) is 28.4. The Bertz CT molecular complexity index is 1530. The van der Waals surface area contributed by atoms with Gasteiger partial charge in [-0.15, -0.1) is 11.3 Å². The summed E-state index contributed by atoms with van der Waals surface area (Å²) in [6.07, 6.45) is 7.41. The Kier molecular flexibility index (Phi) is 9.02. The number of halogens is 1. The molecule has 10 nitrogen and oxygen atoms in total. The average Bonchev–Trinajstić information content (AvgIpc) is 3.65. The van der Waals surface area contributed by atoms with E-state index < -0.39 is 17.8 Å². The molecule has 12 heteroatoms. The maximum Gasteiger partial charge on any atom is 0.320 e. The number of carboxylic acids is 1. The van der Waals surface area contributed by atoms with Crippen LogP contribution in [0.3, 0.4) is 0 Å². The number of fused-ring (bicyclic) bond motifs is 1. The number of amides is 2. The minimum atomic E-state index is -0.967. The number of carbonyl (C=O) groups excluding carboxylic acids is 1. The van der Waals surface area contributed by atoms with E-state index in [0.717, 1.165) is 53.1 Å². The van der Waals surface area contributed by atoms with Gasteiger partial charge in [-0.3, -0.25) is 14.8 Å². The van der Waals surface area contributed by atoms with E-state index in [0.29, 0.717) is 29.9 Å². The molecule has 1 atom stereocenters. The number of pyridine rings is 2. The number of ether oxygens (including phenoxy) is 1. The van der Waals surface area contributed by atoms with Gasteiger partial charge in [-0.05, 0) is 62.1 Å². The highest BCUT2D eigenvalue weighted by Crippen LogP contribution is 2.39. The van der Waals surface area contributed by atoms with Crippen LogP contribution in [0.2, 0.25) is 0 Å². The van der Waals surface area contributed by atoms with E-state index in [4.69, 9.17) is 15.6 Å². The van der Waals surface area contributed by atoms with Crippen molar-refractivity contribution in [1.82, 2.24) is 20.6 Å². The lowest BCUT2D eigenvalue weighted by Gasteiger charge is -2.10. The number of hydrogen-bond acceptors (Lipinski definition) is 8. The van der Waals surface area contributed by atoms with Gasteiger partial charge in [-0.1, -0.05) is 12.5 Å². The van der Waals surface area contributed by atoms with Crippen molar-refractivity contribution in [2.75, 3.05) is 11.9 Å². The second-order valence-corrected chi connectivity index (χ2v) is 11.0. The summed E-state index contributed by atoms with van der Waals surface area (Å²) in [6, 6.07) is 10.9. The normalized spacial score (nSPS) is 13.6. The van der Waals surface area contributed by atoms with Crippen molar-refractivity contribution in [2.45, 2.75) is 50.7 Å². The van der Waals surface area contributed by atoms with Crippen LogP contribution in [-0.2, 0) is 11.3 Å². The van der Waals surface area contributed by atoms with Gasteiger partial charge in [0, 0.05) is 42.8 Å². The van der Waals surface area contributed by atoms with Crippen LogP contribution in [-0.4, -0.2) is 45.7 Å². The number of nitrogens with zero attached hydrogens (tertiary/aromatic N) is 2. The highest BCUT2D eigenvalue weighted by Gasteiger charge is 2.23. The highest BCUT2D eigenvalue weighted by molar-refractivity contribution is 7.22. The first-order chi connectivity index (χ1) is 19.9. The molecule has 5 rings (SSSR count). The van der Waals surface area contributed by atoms with Crippen molar-refractivity contribution < 1.29 is 23.8 Å². The molecule has 0 spiro atoms. The third-order valence-corrected chi connectivity index (χ3v) is 7.70. The van der Waals surface area contributed by atoms with Gasteiger partial charge in [-0.2, -0.15) is 0 Å². The number of anilines is 1. The lowest BCUT2D eigenvalue weighted by Crippen LogP contribution is -2.30. The summed E-state index contributed by atoms with van der Waals surface area (Å²) in [4.78, 5) is 32.7. The molecule has 4 aromatic rings. The van der Waals surface area contributed by atoms with Gasteiger partial charge in [-0.25, -0.2) is 9.18 Å². The van der Waals surface area contributed by atoms with E-state index >= 15 is 0 Å². The summed E-state index contributed by atoms with van der Waals surface area (Å²) >= 11 is 1.46. The van der Waals surface area contributed by atoms with Crippen molar-refractivity contribution in [3.63, 3.8) is 0 Å². The molecular formula is C29H31FN6O4S. The number of thiophene rings is 1. The molecule has 0 radical (unpaired) electrons. The number of nitrogens with one attached hydrogen (secondary N) is 3. The molecule has 3 aromatic heterocycles. The number of aromatic nitrogens is 2. The molecule has 2 amide bonds. The predicted molar refractivity (Wildman–Crippen MR) is 156 cm³/mol. The average molecular weight is 579 g/mol. The van der Waals surface area contributed by atoms with E-state index in [1.165, 1.54) is 23.5 Å². The zero-order chi connectivity index (χ0) is 28.8. The van der Waals surface area contributed by atoms with E-state index in [9.17, 15) is 14.0 Å². The number of carboxylic acid groups (broad SMARTS) is 1. The molecule has 0 bridgehead atoms. The summed E-state index contributed by atoms with van der Waals surface area (Å²) in [6.45, 7) is 1.41. The number of nitrogens with two attached hydrogens (primary N) is 1. The summed E-state index contributed by atoms with van der Waals surface area (Å²) in [5, 5.41) is 17.6. The van der Waals surface area contributed by atoms with Crippen LogP contribution in [0.5, 0.6) is 11.5 Å². The van der Waals surface area contributed by atoms with Crippen molar-refractivity contribution in [3.8, 4) is 22.1 Å². The molecular weight excluding hydrogens is 547 g/mol. The summed E-state index contributed by atoms with van der Waals surface area (Å²) in [5.74, 6) is -1.04. The SMILES string of the molecule is NC(CCCCNCc1ccc(-c2cc3nccc(Oc4ccc(NC(=O)NC5CC5)cc4F)c3s2)nc1)C(=O)O. The zero-order valence-electron chi connectivity index (χ0n) is 22.2. The second kappa shape index (κ2) is 13.0. The largest absolute Gasteiger partial charge is 0.480 e. The van der Waals surface area contributed by atoms with Gasteiger partial charge in [0.2, 0.25) is 0 Å². The topological polar surface area (TPSA) is 151 Å². The standard InChI is InChI=1S/C29H31FN6O4S/c30-20-13-19(36-29(39)35-18-5-6-18)7-9-24(20)40-25-10-12-33-23-14-26(41-27(23)25)22-8-4-17(16-34-22)15-32-11-2-1-3-21(31)28(37)38/h4,7-10,12-14,16,18,21,32H,1-3,5-6,11,15,31H2,(H,37,38)(H2,35,36,39). The highest BCUT2D eigenvalue weighted by atomic mass is 32.1. The summed E-state index contributed by atoms with van der Waals surface area (Å²) in [7, 11) is 0. The Balaban J connectivity index is 1.18. The molecule has 0 aliphatic heterocycles. The molecule has 1 unspecified atom stereocenters. The van der Waals surface area contributed by atoms with E-state index in [1.807, 2.05) is 24.4 Å². The van der Waals surface area contributed by atoms with Gasteiger partial charge in [0.1, 0.15) is 11.8 Å². The first-order valence-corrected chi connectivity index (χ1v) is 14.3. The minimum Gasteiger partial charge on any atom is -0.480 e. The Morgan fingerprint density at radius 1 is 1.12 bits per heavy atom. The number of benzene rings is 1. The van der Waals surface area contributed by atoms with Crippen LogP contribution in [0.4, 0.5) is 14.9 Å². The molecule has 3 heterocycles. The molecule has 1 saturated carbocycles. The Labute approximate surface area is 240 Å². The Morgan fingerprint density at radius 3 is 2.71 bits per heavy atom. The number of urea groups is 1. The molecule has 41 heavy (non-hydrogen) atoms. The summed E-state index contributed by atoms with van der Waals surface area (Å²) in [5.41, 5.74) is 8.40. The number of aliphatic carboxylic acids is 1. The predicted octanol–water partition coefficient (Wildman–Crippen LogP) is 5.25. The smallest absolute Gasteiger partial charge is 0.320 e. The van der Waals surface area contributed by atoms with Gasteiger partial charge >= 0.3 is 12.0 Å². The van der Waals surface area contributed by atoms with E-state index in [2.05, 4.69) is 25.9 Å². The Morgan fingerprint density at radius 2 is 1.98 bits per heavy atom. The molecule has 0 saturated heterocycles. The van der Waals surface area contributed by atoms with Crippen LogP contribution in [0, 0.1) is 5.82 Å². The lowest BCUT2D eigenvalue weighted by atomic mass is 10.1. The van der Waals surface area contributed by atoms with Crippen molar-refractivity contribution in [3.05, 3.63) is 66.2 Å². The van der Waals surface area contributed by atoms with Crippen molar-refractivity contribution in [2.24, 2.45) is 5.73 Å². The molecule has 1 aromatic carbocycles. The van der Waals surface area contributed by atoms with Crippen LogP contribution in [0.25, 0.3) is 20.8 Å². The summed E-state index contributed by atoms with van der Waals surface area (Å²) < 4.78 is 21.5. The van der Waals surface area contributed by atoms with Crippen molar-refractivity contribution in [1.29, 1.82) is 0 Å². The third-order valence-electron chi connectivity index (χ3n) is 6.54. The van der Waals surface area contributed by atoms with Crippen LogP contribution >= 0.6 is 11.3 Å². The van der Waals surface area contributed by atoms with Gasteiger partial charge in [0.05, 0.1) is 20.8 Å². The molecule has 1 aliphatic rings. The fourth-order valence-electron chi connectivity index (χ4n) is 4.13. The third kappa shape index (κ3) is 7.75. The maximum absolute atomic E-state index is 14.8. The van der Waals surface area contributed by atoms with Crippen LogP contribution < -0.4 is 26.4 Å². The number of hydrogen-bond donors (Lipinski definition) is 5. The Hall–Kier alpha value is -4.13. The van der Waals surface area contributed by atoms with Crippen LogP contribution in [0.15, 0.2) is 54.9 Å². The fourth-order valence-corrected chi connectivity index (χ4v) is 5.17. The first-order valence-electron chi connectivity index (χ1n) is 13.4. The van der Waals surface area contributed by atoms with E-state index in [1.54, 1.807) is 18.3 Å². The second-order valence-electron chi connectivity index (χ2n) is 9.92. The van der Waals surface area contributed by atoms with Crippen LogP contribution in [0.1, 0.15) is 37.7 Å².